The second kappa shape index (κ2) is 4.72. The third-order valence-corrected chi connectivity index (χ3v) is 3.18. The third kappa shape index (κ3) is 3.40. The first-order valence-electron chi connectivity index (χ1n) is 5.94. The summed E-state index contributed by atoms with van der Waals surface area (Å²) in [7, 11) is 0. The average molecular weight is 226 g/mol. The van der Waals surface area contributed by atoms with Gasteiger partial charge >= 0.3 is 12.0 Å². The minimum absolute atomic E-state index is 0.131. The fourth-order valence-electron chi connectivity index (χ4n) is 1.80. The highest BCUT2D eigenvalue weighted by atomic mass is 16.4. The molecule has 1 atom stereocenters. The van der Waals surface area contributed by atoms with Crippen LogP contribution in [0.2, 0.25) is 0 Å². The molecule has 3 N–H and O–H groups in total. The number of carboxylic acids is 1. The quantitative estimate of drug-likeness (QED) is 0.631. The van der Waals surface area contributed by atoms with Crippen molar-refractivity contribution >= 4 is 12.0 Å². The van der Waals surface area contributed by atoms with Gasteiger partial charge in [-0.05, 0) is 31.1 Å². The van der Waals surface area contributed by atoms with Crippen LogP contribution in [-0.2, 0) is 4.79 Å². The van der Waals surface area contributed by atoms with Crippen LogP contribution in [0.5, 0.6) is 0 Å². The van der Waals surface area contributed by atoms with Gasteiger partial charge in [-0.25, -0.2) is 9.59 Å². The van der Waals surface area contributed by atoms with E-state index < -0.39 is 12.0 Å². The zero-order valence-corrected chi connectivity index (χ0v) is 9.24. The smallest absolute Gasteiger partial charge is 0.326 e. The van der Waals surface area contributed by atoms with Crippen LogP contribution in [0.25, 0.3) is 0 Å². The Hall–Kier alpha value is -1.26. The van der Waals surface area contributed by atoms with E-state index in [4.69, 9.17) is 5.11 Å². The van der Waals surface area contributed by atoms with E-state index in [0.29, 0.717) is 6.54 Å². The van der Waals surface area contributed by atoms with Gasteiger partial charge in [0.25, 0.3) is 0 Å². The van der Waals surface area contributed by atoms with E-state index in [1.165, 1.54) is 12.8 Å². The number of amides is 2. The minimum Gasteiger partial charge on any atom is -0.480 e. The van der Waals surface area contributed by atoms with Gasteiger partial charge in [-0.3, -0.25) is 0 Å². The van der Waals surface area contributed by atoms with Crippen molar-refractivity contribution in [1.29, 1.82) is 0 Å². The first-order chi connectivity index (χ1) is 7.66. The van der Waals surface area contributed by atoms with E-state index in [0.717, 1.165) is 25.2 Å². The van der Waals surface area contributed by atoms with Crippen molar-refractivity contribution in [2.24, 2.45) is 11.8 Å². The molecule has 16 heavy (non-hydrogen) atoms. The van der Waals surface area contributed by atoms with Gasteiger partial charge in [0.15, 0.2) is 0 Å². The van der Waals surface area contributed by atoms with Gasteiger partial charge in [-0.2, -0.15) is 0 Å². The lowest BCUT2D eigenvalue weighted by Gasteiger charge is -2.14. The van der Waals surface area contributed by atoms with Crippen LogP contribution in [0.1, 0.15) is 32.1 Å². The summed E-state index contributed by atoms with van der Waals surface area (Å²) in [6, 6.07) is -1.05. The highest BCUT2D eigenvalue weighted by molar-refractivity contribution is 5.83. The maximum atomic E-state index is 11.4. The molecule has 90 valence electrons. The standard InChI is InChI=1S/C11H18N2O3/c14-10(15)9(8-3-4-8)13-11(16)12-6-5-7-1-2-7/h7-9H,1-6H2,(H,14,15)(H2,12,13,16). The highest BCUT2D eigenvalue weighted by Crippen LogP contribution is 2.33. The molecule has 0 heterocycles. The van der Waals surface area contributed by atoms with Crippen molar-refractivity contribution in [3.8, 4) is 0 Å². The maximum Gasteiger partial charge on any atom is 0.326 e. The summed E-state index contributed by atoms with van der Waals surface area (Å²) in [5.41, 5.74) is 0. The lowest BCUT2D eigenvalue weighted by Crippen LogP contribution is -2.47. The summed E-state index contributed by atoms with van der Waals surface area (Å²) in [4.78, 5) is 22.3. The van der Waals surface area contributed by atoms with Crippen molar-refractivity contribution < 1.29 is 14.7 Å². The topological polar surface area (TPSA) is 78.4 Å². The van der Waals surface area contributed by atoms with E-state index in [1.807, 2.05) is 0 Å². The maximum absolute atomic E-state index is 11.4. The van der Waals surface area contributed by atoms with Crippen LogP contribution >= 0.6 is 0 Å². The van der Waals surface area contributed by atoms with Crippen LogP contribution < -0.4 is 10.6 Å². The molecule has 0 aliphatic heterocycles. The fraction of sp³-hybridized carbons (Fsp3) is 0.818. The van der Waals surface area contributed by atoms with Crippen LogP contribution in [0.15, 0.2) is 0 Å². The molecule has 5 heteroatoms. The van der Waals surface area contributed by atoms with Gasteiger partial charge < -0.3 is 15.7 Å². The second-order valence-corrected chi connectivity index (χ2v) is 4.79. The lowest BCUT2D eigenvalue weighted by atomic mass is 10.2. The summed E-state index contributed by atoms with van der Waals surface area (Å²) in [6.07, 6.45) is 5.35. The molecule has 0 aromatic heterocycles. The molecule has 0 radical (unpaired) electrons. The van der Waals surface area contributed by atoms with Crippen LogP contribution in [0.3, 0.4) is 0 Å². The van der Waals surface area contributed by atoms with Gasteiger partial charge in [-0.15, -0.1) is 0 Å². The lowest BCUT2D eigenvalue weighted by molar-refractivity contribution is -0.139. The number of nitrogens with one attached hydrogen (secondary N) is 2. The summed E-state index contributed by atoms with van der Waals surface area (Å²) < 4.78 is 0. The molecule has 2 aliphatic rings. The predicted molar refractivity (Wildman–Crippen MR) is 58.0 cm³/mol. The molecule has 0 spiro atoms. The Kier molecular flexibility index (Phi) is 3.31. The van der Waals surface area contributed by atoms with Crippen molar-refractivity contribution in [3.05, 3.63) is 0 Å². The molecule has 2 saturated carbocycles. The van der Waals surface area contributed by atoms with Gasteiger partial charge in [0, 0.05) is 6.54 Å². The Morgan fingerprint density at radius 1 is 1.25 bits per heavy atom. The van der Waals surface area contributed by atoms with Gasteiger partial charge in [0.1, 0.15) is 6.04 Å². The number of hydrogen-bond donors (Lipinski definition) is 3. The van der Waals surface area contributed by atoms with Crippen LogP contribution in [0.4, 0.5) is 4.79 Å². The normalized spacial score (nSPS) is 21.2. The first-order valence-corrected chi connectivity index (χ1v) is 5.94. The Balaban J connectivity index is 1.65. The highest BCUT2D eigenvalue weighted by Gasteiger charge is 2.37. The molecule has 2 fully saturated rings. The zero-order chi connectivity index (χ0) is 11.5. The number of hydrogen-bond acceptors (Lipinski definition) is 2. The Bertz CT molecular complexity index is 285. The average Bonchev–Trinajstić information content (AvgIpc) is 3.06. The van der Waals surface area contributed by atoms with Crippen molar-refractivity contribution in [3.63, 3.8) is 0 Å². The van der Waals surface area contributed by atoms with Crippen molar-refractivity contribution in [2.75, 3.05) is 6.54 Å². The number of carbonyl (C=O) groups is 2. The summed E-state index contributed by atoms with van der Waals surface area (Å²) in [5, 5.41) is 14.1. The Morgan fingerprint density at radius 3 is 2.44 bits per heavy atom. The van der Waals surface area contributed by atoms with Gasteiger partial charge in [0.2, 0.25) is 0 Å². The van der Waals surface area contributed by atoms with Gasteiger partial charge in [-0.1, -0.05) is 12.8 Å². The molecule has 0 aromatic rings. The molecule has 0 saturated heterocycles. The van der Waals surface area contributed by atoms with Crippen molar-refractivity contribution in [2.45, 2.75) is 38.1 Å². The SMILES string of the molecule is O=C(NCCC1CC1)NC(C(=O)O)C1CC1. The Morgan fingerprint density at radius 2 is 1.94 bits per heavy atom. The van der Waals surface area contributed by atoms with E-state index in [2.05, 4.69) is 10.6 Å². The molecule has 0 bridgehead atoms. The summed E-state index contributed by atoms with van der Waals surface area (Å²) >= 11 is 0. The second-order valence-electron chi connectivity index (χ2n) is 4.79. The predicted octanol–water partition coefficient (Wildman–Crippen LogP) is 0.949. The molecule has 2 aliphatic carbocycles. The molecule has 2 rings (SSSR count). The molecule has 5 nitrogen and oxygen atoms in total. The largest absolute Gasteiger partial charge is 0.480 e. The minimum atomic E-state index is -0.931. The molecular formula is C11H18N2O3. The number of urea groups is 1. The van der Waals surface area contributed by atoms with Gasteiger partial charge in [0.05, 0.1) is 0 Å². The number of aliphatic carboxylic acids is 1. The number of rotatable bonds is 6. The van der Waals surface area contributed by atoms with E-state index in [-0.39, 0.29) is 11.9 Å². The molecule has 1 unspecified atom stereocenters. The number of carbonyl (C=O) groups excluding carboxylic acids is 1. The Labute approximate surface area is 94.6 Å². The first kappa shape index (κ1) is 11.2. The fourth-order valence-corrected chi connectivity index (χ4v) is 1.80. The summed E-state index contributed by atoms with van der Waals surface area (Å²) in [5.74, 6) is -0.0227. The number of carboxylic acid groups (broad SMARTS) is 1. The van der Waals surface area contributed by atoms with E-state index in [1.54, 1.807) is 0 Å². The monoisotopic (exact) mass is 226 g/mol. The zero-order valence-electron chi connectivity index (χ0n) is 9.24. The van der Waals surface area contributed by atoms with Crippen LogP contribution in [0, 0.1) is 11.8 Å². The van der Waals surface area contributed by atoms with E-state index in [9.17, 15) is 9.59 Å². The summed E-state index contributed by atoms with van der Waals surface area (Å²) in [6.45, 7) is 0.646. The molecule has 0 aromatic carbocycles. The van der Waals surface area contributed by atoms with E-state index >= 15 is 0 Å². The van der Waals surface area contributed by atoms with Crippen LogP contribution in [-0.4, -0.2) is 29.7 Å². The third-order valence-electron chi connectivity index (χ3n) is 3.18. The molecular weight excluding hydrogens is 208 g/mol. The van der Waals surface area contributed by atoms with Crippen molar-refractivity contribution in [1.82, 2.24) is 10.6 Å². The molecule has 2 amide bonds.